The van der Waals surface area contributed by atoms with Crippen LogP contribution in [-0.4, -0.2) is 55.5 Å². The van der Waals surface area contributed by atoms with Gasteiger partial charge in [-0.3, -0.25) is 9.59 Å². The van der Waals surface area contributed by atoms with Crippen LogP contribution in [0.5, 0.6) is 0 Å². The number of hydrogen-bond acceptors (Lipinski definition) is 6. The Hall–Kier alpha value is -1.99. The molecule has 0 aromatic heterocycles. The molecule has 0 saturated heterocycles. The highest BCUT2D eigenvalue weighted by molar-refractivity contribution is 5.87. The van der Waals surface area contributed by atoms with Crippen LogP contribution < -0.4 is 12.4 Å². The van der Waals surface area contributed by atoms with Gasteiger partial charge in [0.1, 0.15) is 0 Å². The lowest BCUT2D eigenvalue weighted by Crippen LogP contribution is -3.00. The zero-order chi connectivity index (χ0) is 36.3. The van der Waals surface area contributed by atoms with Crippen LogP contribution in [0.3, 0.4) is 0 Å². The predicted octanol–water partition coefficient (Wildman–Crippen LogP) is 8.28. The number of carbonyl (C=O) groups excluding carboxylic acids is 4. The third-order valence-electron chi connectivity index (χ3n) is 9.25. The van der Waals surface area contributed by atoms with Crippen molar-refractivity contribution in [2.24, 2.45) is 0 Å². The molecule has 0 unspecified atom stereocenters. The lowest BCUT2D eigenvalue weighted by molar-refractivity contribution is -0.736. The van der Waals surface area contributed by atoms with Gasteiger partial charge in [0.25, 0.3) is 0 Å². The van der Waals surface area contributed by atoms with E-state index in [1.165, 1.54) is 117 Å². The van der Waals surface area contributed by atoms with Crippen LogP contribution in [-0.2, 0) is 28.7 Å². The number of imide groups is 1. The Morgan fingerprint density at radius 1 is 0.420 bits per heavy atom. The highest BCUT2D eigenvalue weighted by atomic mass is 35.5. The second kappa shape index (κ2) is 36.8. The summed E-state index contributed by atoms with van der Waals surface area (Å²) in [5, 5.41) is 0. The number of halogens is 1. The van der Waals surface area contributed by atoms with E-state index in [4.69, 9.17) is 9.47 Å². The molecule has 0 N–H and O–H groups in total. The van der Waals surface area contributed by atoms with Gasteiger partial charge in [-0.15, -0.1) is 0 Å². The summed E-state index contributed by atoms with van der Waals surface area (Å²) in [5.74, 6) is -1.94. The lowest BCUT2D eigenvalue weighted by Gasteiger charge is -2.23. The third kappa shape index (κ3) is 32.0. The van der Waals surface area contributed by atoms with E-state index in [0.29, 0.717) is 0 Å². The van der Waals surface area contributed by atoms with E-state index in [1.807, 2.05) is 0 Å². The molecule has 0 aliphatic carbocycles. The zero-order valence-electron chi connectivity index (χ0n) is 32.8. The molecule has 0 fully saturated rings. The van der Waals surface area contributed by atoms with Gasteiger partial charge in [-0.25, -0.2) is 9.59 Å². The number of carbonyl (C=O) groups is 4. The van der Waals surface area contributed by atoms with Gasteiger partial charge in [-0.05, 0) is 64.2 Å². The Labute approximate surface area is 313 Å². The van der Waals surface area contributed by atoms with Crippen molar-refractivity contribution < 1.29 is 45.5 Å². The summed E-state index contributed by atoms with van der Waals surface area (Å²) in [7, 11) is 2.86. The fourth-order valence-electron chi connectivity index (χ4n) is 5.57. The van der Waals surface area contributed by atoms with Crippen molar-refractivity contribution in [1.29, 1.82) is 0 Å². The van der Waals surface area contributed by atoms with E-state index >= 15 is 0 Å². The average Bonchev–Trinajstić information content (AvgIpc) is 3.09. The fraction of sp³-hybridized carbons (Fsp3) is 0.810. The van der Waals surface area contributed by atoms with E-state index in [0.717, 1.165) is 64.2 Å². The maximum atomic E-state index is 12.6. The average molecular weight is 727 g/mol. The quantitative estimate of drug-likeness (QED) is 0.0287. The fourth-order valence-corrected chi connectivity index (χ4v) is 5.57. The summed E-state index contributed by atoms with van der Waals surface area (Å²) in [6.07, 6.45) is 40.5. The number of rotatable bonds is 34. The number of hydrogen-bond donors (Lipinski definition) is 0. The summed E-state index contributed by atoms with van der Waals surface area (Å²) >= 11 is 0. The number of quaternary nitrogens is 1. The molecule has 0 saturated carbocycles. The van der Waals surface area contributed by atoms with Gasteiger partial charge in [0, 0.05) is 12.8 Å². The van der Waals surface area contributed by atoms with Gasteiger partial charge < -0.3 is 21.9 Å². The number of allylic oxidation sites excluding steroid dienone is 4. The second-order valence-electron chi connectivity index (χ2n) is 14.2. The first kappa shape index (κ1) is 50.1. The SMILES string of the molecule is CCCCCCCCC=CCCCCCCCC(=O)OCC(=O)[N+](C)(C)C(=O)COC(=O)CCCCCCCC=CCCCCCCCC.[Cl-]. The third-order valence-corrected chi connectivity index (χ3v) is 9.25. The Morgan fingerprint density at radius 2 is 0.680 bits per heavy atom. The Bertz CT molecular complexity index is 831. The van der Waals surface area contributed by atoms with Crippen molar-refractivity contribution in [2.45, 2.75) is 194 Å². The molecule has 0 aromatic rings. The molecular weight excluding hydrogens is 650 g/mol. The molecule has 7 nitrogen and oxygen atoms in total. The van der Waals surface area contributed by atoms with E-state index in [2.05, 4.69) is 38.2 Å². The van der Waals surface area contributed by atoms with Gasteiger partial charge >= 0.3 is 23.8 Å². The molecule has 0 aliphatic rings. The minimum absolute atomic E-state index is 0. The number of ether oxygens (including phenoxy) is 2. The molecule has 0 bridgehead atoms. The van der Waals surface area contributed by atoms with Crippen molar-refractivity contribution in [3.05, 3.63) is 24.3 Å². The van der Waals surface area contributed by atoms with E-state index in [9.17, 15) is 19.2 Å². The molecule has 0 atom stereocenters. The maximum Gasteiger partial charge on any atom is 0.358 e. The van der Waals surface area contributed by atoms with Gasteiger partial charge in [-0.1, -0.05) is 141 Å². The van der Waals surface area contributed by atoms with Crippen molar-refractivity contribution in [1.82, 2.24) is 0 Å². The second-order valence-corrected chi connectivity index (χ2v) is 14.2. The first-order valence-corrected chi connectivity index (χ1v) is 20.3. The number of likely N-dealkylation sites (N-methyl/N-ethyl adjacent to an activating group) is 1. The molecule has 0 heterocycles. The molecule has 0 radical (unpaired) electrons. The Balaban J connectivity index is 0. The molecule has 0 spiro atoms. The van der Waals surface area contributed by atoms with Crippen molar-refractivity contribution in [3.8, 4) is 0 Å². The highest BCUT2D eigenvalue weighted by Crippen LogP contribution is 2.12. The van der Waals surface area contributed by atoms with Gasteiger partial charge in [0.15, 0.2) is 0 Å². The van der Waals surface area contributed by atoms with Crippen LogP contribution in [0.2, 0.25) is 0 Å². The molecule has 0 aliphatic heterocycles. The first-order valence-electron chi connectivity index (χ1n) is 20.3. The summed E-state index contributed by atoms with van der Waals surface area (Å²) in [6.45, 7) is 3.56. The van der Waals surface area contributed by atoms with Gasteiger partial charge in [-0.2, -0.15) is 4.48 Å². The number of unbranched alkanes of at least 4 members (excludes halogenated alkanes) is 22. The molecule has 50 heavy (non-hydrogen) atoms. The number of amides is 2. The number of nitrogens with zero attached hydrogens (tertiary/aromatic N) is 1. The van der Waals surface area contributed by atoms with Crippen LogP contribution in [0.15, 0.2) is 24.3 Å². The molecular formula is C42H76ClNO6. The highest BCUT2D eigenvalue weighted by Gasteiger charge is 2.36. The van der Waals surface area contributed by atoms with Crippen LogP contribution >= 0.6 is 0 Å². The first-order chi connectivity index (χ1) is 23.8. The zero-order valence-corrected chi connectivity index (χ0v) is 33.6. The number of esters is 2. The van der Waals surface area contributed by atoms with Crippen LogP contribution in [0.1, 0.15) is 194 Å². The van der Waals surface area contributed by atoms with Crippen LogP contribution in [0.25, 0.3) is 0 Å². The van der Waals surface area contributed by atoms with Crippen LogP contribution in [0.4, 0.5) is 0 Å². The van der Waals surface area contributed by atoms with Crippen molar-refractivity contribution >= 4 is 23.8 Å². The molecule has 0 aromatic carbocycles. The van der Waals surface area contributed by atoms with Gasteiger partial charge in [0.2, 0.25) is 13.2 Å². The summed E-state index contributed by atoms with van der Waals surface area (Å²) in [5.41, 5.74) is 0. The Kier molecular flexibility index (Phi) is 36.9. The maximum absolute atomic E-state index is 12.6. The largest absolute Gasteiger partial charge is 1.00 e. The topological polar surface area (TPSA) is 86.7 Å². The minimum Gasteiger partial charge on any atom is -1.00 e. The molecule has 292 valence electrons. The Morgan fingerprint density at radius 3 is 0.980 bits per heavy atom. The van der Waals surface area contributed by atoms with Gasteiger partial charge in [0.05, 0.1) is 14.1 Å². The smallest absolute Gasteiger partial charge is 0.358 e. The summed E-state index contributed by atoms with van der Waals surface area (Å²) in [6, 6.07) is 0. The molecule has 2 amide bonds. The van der Waals surface area contributed by atoms with Crippen LogP contribution in [0, 0.1) is 0 Å². The molecule has 8 heteroatoms. The normalized spacial score (nSPS) is 11.6. The molecule has 0 rings (SSSR count). The van der Waals surface area contributed by atoms with Crippen molar-refractivity contribution in [3.63, 3.8) is 0 Å². The van der Waals surface area contributed by atoms with Crippen molar-refractivity contribution in [2.75, 3.05) is 27.3 Å². The van der Waals surface area contributed by atoms with E-state index in [-0.39, 0.29) is 25.2 Å². The van der Waals surface area contributed by atoms with E-state index < -0.39 is 41.4 Å². The summed E-state index contributed by atoms with van der Waals surface area (Å²) in [4.78, 5) is 49.5. The monoisotopic (exact) mass is 726 g/mol. The van der Waals surface area contributed by atoms with E-state index in [1.54, 1.807) is 0 Å². The summed E-state index contributed by atoms with van der Waals surface area (Å²) < 4.78 is 9.65. The lowest BCUT2D eigenvalue weighted by atomic mass is 10.1. The predicted molar refractivity (Wildman–Crippen MR) is 203 cm³/mol. The standard InChI is InChI=1S/C42H76NO6.ClH/c1-5-7-9-11-13-15-17-19-21-23-25-27-29-31-33-35-41(46)48-37-39(44)43(3,4)40(45)38-49-42(47)36-34-32-30-28-26-24-22-20-18-16-14-12-10-8-6-2;/h19-22H,5-18,23-38H2,1-4H3;1H/q+1;/p-1. The minimum atomic E-state index is -0.638.